The van der Waals surface area contributed by atoms with E-state index in [1.807, 2.05) is 37.3 Å². The minimum Gasteiger partial charge on any atom is -0.506 e. The number of carbonyl (C=O) groups is 2. The molecule has 2 bridgehead atoms. The Morgan fingerprint density at radius 3 is 2.59 bits per heavy atom. The fourth-order valence-electron chi connectivity index (χ4n) is 6.36. The number of aromatic hydroxyl groups is 1. The summed E-state index contributed by atoms with van der Waals surface area (Å²) < 4.78 is 31.2. The summed E-state index contributed by atoms with van der Waals surface area (Å²) in [6, 6.07) is 12.4. The number of hydrogen-bond acceptors (Lipinski definition) is 5. The van der Waals surface area contributed by atoms with E-state index in [0.29, 0.717) is 29.8 Å². The highest BCUT2D eigenvalue weighted by Gasteiger charge is 2.51. The predicted octanol–water partition coefficient (Wildman–Crippen LogP) is 5.97. The van der Waals surface area contributed by atoms with Gasteiger partial charge in [-0.2, -0.15) is 13.2 Å². The topological polar surface area (TPSA) is 90.5 Å². The van der Waals surface area contributed by atoms with Gasteiger partial charge in [0.05, 0.1) is 17.1 Å². The average molecular weight is 518 g/mol. The molecule has 2 aliphatic carbocycles. The number of amides is 1. The highest BCUT2D eigenvalue weighted by atomic mass is 19.4. The van der Waals surface area contributed by atoms with E-state index < -0.39 is 12.5 Å². The monoisotopic (exact) mass is 517 g/mol. The van der Waals surface area contributed by atoms with Crippen LogP contribution in [0.15, 0.2) is 36.4 Å². The van der Waals surface area contributed by atoms with Gasteiger partial charge in [0.2, 0.25) is 12.2 Å². The number of nitrogens with one attached hydrogen (secondary N) is 3. The van der Waals surface area contributed by atoms with Gasteiger partial charge < -0.3 is 21.1 Å². The third-order valence-electron chi connectivity index (χ3n) is 7.84. The zero-order chi connectivity index (χ0) is 26.6. The Hall–Kier alpha value is -3.07. The molecule has 1 aliphatic heterocycles. The van der Waals surface area contributed by atoms with Crippen LogP contribution in [-0.4, -0.2) is 36.1 Å². The highest BCUT2D eigenvalue weighted by Crippen LogP contribution is 2.55. The Bertz CT molecular complexity index is 1130. The second kappa shape index (κ2) is 11.1. The van der Waals surface area contributed by atoms with Crippen LogP contribution in [0.4, 0.5) is 30.2 Å². The predicted molar refractivity (Wildman–Crippen MR) is 137 cm³/mol. The van der Waals surface area contributed by atoms with Crippen LogP contribution in [0.25, 0.3) is 0 Å². The van der Waals surface area contributed by atoms with Crippen molar-refractivity contribution in [3.8, 4) is 5.75 Å². The van der Waals surface area contributed by atoms with Crippen molar-refractivity contribution in [2.45, 2.75) is 75.9 Å². The number of para-hydroxylation sites is 2. The summed E-state index contributed by atoms with van der Waals surface area (Å²) >= 11 is 0. The molecule has 0 radical (unpaired) electrons. The lowest BCUT2D eigenvalue weighted by atomic mass is 9.53. The molecule has 37 heavy (non-hydrogen) atoms. The summed E-state index contributed by atoms with van der Waals surface area (Å²) in [5.41, 5.74) is 5.20. The van der Waals surface area contributed by atoms with Crippen LogP contribution in [0.2, 0.25) is 0 Å². The number of hydrogen-bond donors (Lipinski definition) is 4. The van der Waals surface area contributed by atoms with E-state index in [0.717, 1.165) is 30.8 Å². The van der Waals surface area contributed by atoms with Crippen molar-refractivity contribution in [2.75, 3.05) is 17.2 Å². The van der Waals surface area contributed by atoms with Crippen LogP contribution >= 0.6 is 0 Å². The summed E-state index contributed by atoms with van der Waals surface area (Å²) in [6.45, 7) is 3.07. The van der Waals surface area contributed by atoms with Crippen molar-refractivity contribution >= 4 is 29.3 Å². The number of anilines is 3. The van der Waals surface area contributed by atoms with Crippen molar-refractivity contribution in [3.05, 3.63) is 47.5 Å². The molecule has 9 heteroatoms. The van der Waals surface area contributed by atoms with E-state index in [4.69, 9.17) is 4.79 Å². The number of halogens is 3. The van der Waals surface area contributed by atoms with Gasteiger partial charge in [0.15, 0.2) is 0 Å². The van der Waals surface area contributed by atoms with Crippen molar-refractivity contribution in [1.29, 1.82) is 0 Å². The van der Waals surface area contributed by atoms with Crippen molar-refractivity contribution in [2.24, 2.45) is 5.92 Å². The SMILES string of the molecule is CCCC(=O)Nc1ccccc1Nc1cc2c(cc1O)[C@]13CCCC[C@@H]1[C@H](C2)NCC3.O=CC(F)(F)F. The van der Waals surface area contributed by atoms with Crippen LogP contribution in [-0.2, 0) is 21.4 Å². The van der Waals surface area contributed by atoms with E-state index in [1.54, 1.807) is 0 Å². The first kappa shape index (κ1) is 27.0. The van der Waals surface area contributed by atoms with Gasteiger partial charge in [-0.05, 0) is 80.0 Å². The van der Waals surface area contributed by atoms with E-state index in [-0.39, 0.29) is 11.3 Å². The number of rotatable bonds is 5. The molecule has 1 saturated heterocycles. The number of fused-ring (bicyclic) bond motifs is 1. The Morgan fingerprint density at radius 2 is 1.89 bits per heavy atom. The summed E-state index contributed by atoms with van der Waals surface area (Å²) in [7, 11) is 0. The van der Waals surface area contributed by atoms with E-state index in [2.05, 4.69) is 22.0 Å². The molecule has 6 nitrogen and oxygen atoms in total. The maximum Gasteiger partial charge on any atom is 0.446 e. The Labute approximate surface area is 215 Å². The molecular formula is C28H34F3N3O3. The van der Waals surface area contributed by atoms with Gasteiger partial charge in [-0.1, -0.05) is 31.9 Å². The number of piperidine rings is 1. The van der Waals surface area contributed by atoms with Crippen LogP contribution in [0.1, 0.15) is 63.0 Å². The molecule has 2 aromatic carbocycles. The number of phenols is 1. The minimum absolute atomic E-state index is 0.00718. The van der Waals surface area contributed by atoms with Crippen molar-refractivity contribution < 1.29 is 27.9 Å². The third kappa shape index (κ3) is 5.92. The molecule has 0 aromatic heterocycles. The van der Waals surface area contributed by atoms with Crippen LogP contribution in [0.3, 0.4) is 0 Å². The normalized spacial score (nSPS) is 24.0. The number of carbonyl (C=O) groups excluding carboxylic acids is 2. The maximum atomic E-state index is 12.1. The lowest BCUT2D eigenvalue weighted by molar-refractivity contribution is -0.156. The molecule has 0 spiro atoms. The van der Waals surface area contributed by atoms with Crippen LogP contribution in [0, 0.1) is 5.92 Å². The largest absolute Gasteiger partial charge is 0.506 e. The van der Waals surface area contributed by atoms with Crippen LogP contribution in [0.5, 0.6) is 5.75 Å². The third-order valence-corrected chi connectivity index (χ3v) is 7.84. The Balaban J connectivity index is 0.000000480. The van der Waals surface area contributed by atoms with E-state index in [1.165, 1.54) is 43.2 Å². The summed E-state index contributed by atoms with van der Waals surface area (Å²) in [5, 5.41) is 21.2. The van der Waals surface area contributed by atoms with Gasteiger partial charge in [-0.3, -0.25) is 9.59 Å². The molecule has 1 heterocycles. The highest BCUT2D eigenvalue weighted by molar-refractivity contribution is 5.95. The first-order valence-corrected chi connectivity index (χ1v) is 13.0. The zero-order valence-electron chi connectivity index (χ0n) is 21.0. The molecular weight excluding hydrogens is 483 g/mol. The number of alkyl halides is 3. The van der Waals surface area contributed by atoms with Gasteiger partial charge in [0.25, 0.3) is 0 Å². The molecule has 1 saturated carbocycles. The van der Waals surface area contributed by atoms with Crippen molar-refractivity contribution in [1.82, 2.24) is 5.32 Å². The van der Waals surface area contributed by atoms with Gasteiger partial charge in [0.1, 0.15) is 5.75 Å². The molecule has 5 rings (SSSR count). The first-order valence-electron chi connectivity index (χ1n) is 13.0. The van der Waals surface area contributed by atoms with Crippen LogP contribution < -0.4 is 16.0 Å². The first-order chi connectivity index (χ1) is 17.7. The average Bonchev–Trinajstić information content (AvgIpc) is 2.86. The number of phenolic OH excluding ortho intramolecular Hbond substituents is 1. The van der Waals surface area contributed by atoms with E-state index in [9.17, 15) is 23.1 Å². The maximum absolute atomic E-state index is 12.1. The van der Waals surface area contributed by atoms with E-state index >= 15 is 0 Å². The lowest BCUT2D eigenvalue weighted by Crippen LogP contribution is -2.59. The molecule has 4 N–H and O–H groups in total. The fraction of sp³-hybridized carbons (Fsp3) is 0.500. The second-order valence-electron chi connectivity index (χ2n) is 10.2. The fourth-order valence-corrected chi connectivity index (χ4v) is 6.36. The molecule has 2 fully saturated rings. The van der Waals surface area contributed by atoms with Gasteiger partial charge in [-0.25, -0.2) is 0 Å². The summed E-state index contributed by atoms with van der Waals surface area (Å²) in [6.07, 6.45) is 2.93. The lowest BCUT2D eigenvalue weighted by Gasteiger charge is -2.56. The Morgan fingerprint density at radius 1 is 1.16 bits per heavy atom. The standard InChI is InChI=1S/C26H33N3O2.C2HF3O/c1-2-7-25(31)29-21-10-4-3-9-20(21)28-23-15-17-14-22-18-8-5-6-11-26(18,12-13-27-22)19(17)16-24(23)30;3-2(4,5)1-6/h3-4,9-10,15-16,18,22,27-28,30H,2,5-8,11-14H2,1H3,(H,29,31);1H/t18-,22+,26+;/m1./s1. The molecule has 2 aromatic rings. The second-order valence-corrected chi connectivity index (χ2v) is 10.2. The van der Waals surface area contributed by atoms with Gasteiger partial charge >= 0.3 is 6.18 Å². The quantitative estimate of drug-likeness (QED) is 0.290. The molecule has 3 aliphatic rings. The van der Waals surface area contributed by atoms with Gasteiger partial charge in [-0.15, -0.1) is 0 Å². The molecule has 1 amide bonds. The number of benzene rings is 2. The number of aldehydes is 1. The minimum atomic E-state index is -4.64. The molecule has 3 atom stereocenters. The van der Waals surface area contributed by atoms with Gasteiger partial charge in [0, 0.05) is 17.9 Å². The summed E-state index contributed by atoms with van der Waals surface area (Å²) in [4.78, 5) is 20.8. The van der Waals surface area contributed by atoms with Crippen molar-refractivity contribution in [3.63, 3.8) is 0 Å². The zero-order valence-corrected chi connectivity index (χ0v) is 21.0. The smallest absolute Gasteiger partial charge is 0.446 e. The summed E-state index contributed by atoms with van der Waals surface area (Å²) in [5.74, 6) is 0.993. The Kier molecular flexibility index (Phi) is 8.11. The molecule has 200 valence electrons. The molecule has 0 unspecified atom stereocenters.